The quantitative estimate of drug-likeness (QED) is 0.0599. The van der Waals surface area contributed by atoms with Gasteiger partial charge in [0, 0.05) is 98.2 Å². The Balaban J connectivity index is 0.773. The molecule has 0 radical (unpaired) electrons. The van der Waals surface area contributed by atoms with Crippen molar-refractivity contribution >= 4 is 89.2 Å². The van der Waals surface area contributed by atoms with Crippen LogP contribution in [-0.2, 0) is 6.54 Å². The number of hydrogen-bond acceptors (Lipinski definition) is 10. The molecule has 6 heterocycles. The molecule has 0 amide bonds. The van der Waals surface area contributed by atoms with Crippen LogP contribution in [0.25, 0.3) is 88.3 Å². The van der Waals surface area contributed by atoms with Gasteiger partial charge in [-0.3, -0.25) is 29.9 Å². The van der Waals surface area contributed by atoms with Gasteiger partial charge in [-0.2, -0.15) is 0 Å². The summed E-state index contributed by atoms with van der Waals surface area (Å²) in [7, 11) is 0. The highest BCUT2D eigenvalue weighted by Crippen LogP contribution is 2.35. The molecule has 0 N–H and O–H groups in total. The number of nitrogens with zero attached hydrogens (tertiary/aromatic N) is 9. The van der Waals surface area contributed by atoms with Crippen LogP contribution in [0, 0.1) is 5.82 Å². The number of ether oxygens (including phenoxy) is 1. The summed E-state index contributed by atoms with van der Waals surface area (Å²) in [6, 6.07) is 47.0. The number of halogens is 1. The molecule has 0 aliphatic heterocycles. The summed E-state index contributed by atoms with van der Waals surface area (Å²) in [5, 5.41) is 14.5. The van der Waals surface area contributed by atoms with E-state index in [0.717, 1.165) is 120 Å². The lowest BCUT2D eigenvalue weighted by atomic mass is 10.1. The predicted octanol–water partition coefficient (Wildman–Crippen LogP) is 14.0. The third-order valence-corrected chi connectivity index (χ3v) is 12.7. The first-order valence-electron chi connectivity index (χ1n) is 23.3. The minimum atomic E-state index is -0.318. The molecule has 0 aliphatic carbocycles. The second-order valence-corrected chi connectivity index (χ2v) is 17.2. The molecule has 0 aliphatic rings. The van der Waals surface area contributed by atoms with E-state index in [2.05, 4.69) is 107 Å². The van der Waals surface area contributed by atoms with Crippen molar-refractivity contribution in [2.45, 2.75) is 32.2 Å². The second kappa shape index (κ2) is 18.6. The van der Waals surface area contributed by atoms with E-state index < -0.39 is 0 Å². The zero-order chi connectivity index (χ0) is 46.8. The van der Waals surface area contributed by atoms with Crippen LogP contribution < -0.4 is 4.74 Å². The zero-order valence-electron chi connectivity index (χ0n) is 37.8. The number of rotatable bonds is 14. The highest BCUT2D eigenvalue weighted by atomic mass is 19.1. The van der Waals surface area contributed by atoms with Gasteiger partial charge in [0.15, 0.2) is 0 Å². The molecule has 0 bridgehead atoms. The van der Waals surface area contributed by atoms with Crippen molar-refractivity contribution in [3.63, 3.8) is 0 Å². The van der Waals surface area contributed by atoms with Crippen LogP contribution in [0.5, 0.6) is 5.75 Å². The van der Waals surface area contributed by atoms with Gasteiger partial charge in [-0.05, 0) is 145 Å². The molecule has 12 heteroatoms. The maximum absolute atomic E-state index is 13.4. The van der Waals surface area contributed by atoms with Gasteiger partial charge in [0.2, 0.25) is 11.8 Å². The van der Waals surface area contributed by atoms with E-state index >= 15 is 0 Å². The molecule has 11 nitrogen and oxygen atoms in total. The highest BCUT2D eigenvalue weighted by Gasteiger charge is 2.15. The SMILES string of the molecule is Fc1ccc(-c2nnc(-c3ccc(OCCCCCCn4c5ccc(C=Nc6cc7cccnc7c7ncccc67)cc5c5cc(C=Nc6cc7cccnc7c7ncccc67)ccc54)cc3)o2)cc1. The molecular weight excluding hydrogens is 874 g/mol. The number of fused-ring (bicyclic) bond motifs is 9. The molecule has 0 saturated carbocycles. The number of benzene rings is 6. The third kappa shape index (κ3) is 8.36. The molecule has 0 spiro atoms. The summed E-state index contributed by atoms with van der Waals surface area (Å²) < 4.78 is 27.8. The number of aryl methyl sites for hydroxylation is 1. The van der Waals surface area contributed by atoms with Crippen LogP contribution in [0.15, 0.2) is 185 Å². The Morgan fingerprint density at radius 3 is 1.56 bits per heavy atom. The Bertz CT molecular complexity index is 3770. The van der Waals surface area contributed by atoms with Gasteiger partial charge in [0.05, 0.1) is 40.0 Å². The smallest absolute Gasteiger partial charge is 0.248 e. The Kier molecular flexibility index (Phi) is 11.2. The van der Waals surface area contributed by atoms with Crippen LogP contribution in [-0.4, -0.2) is 53.7 Å². The van der Waals surface area contributed by atoms with E-state index in [4.69, 9.17) is 19.1 Å². The molecule has 338 valence electrons. The van der Waals surface area contributed by atoms with Crippen LogP contribution in [0.3, 0.4) is 0 Å². The number of aliphatic imine (C=N–C) groups is 2. The molecule has 6 aromatic heterocycles. The van der Waals surface area contributed by atoms with Gasteiger partial charge in [0.1, 0.15) is 11.6 Å². The molecular formula is C58H42FN9O2. The lowest BCUT2D eigenvalue weighted by Gasteiger charge is -2.09. The van der Waals surface area contributed by atoms with Crippen molar-refractivity contribution in [2.75, 3.05) is 6.61 Å². The van der Waals surface area contributed by atoms with Gasteiger partial charge in [-0.1, -0.05) is 37.1 Å². The monoisotopic (exact) mass is 915 g/mol. The Hall–Kier alpha value is -9.03. The molecule has 0 saturated heterocycles. The summed E-state index contributed by atoms with van der Waals surface area (Å²) in [5.74, 6) is 1.19. The van der Waals surface area contributed by atoms with E-state index in [1.165, 1.54) is 23.2 Å². The largest absolute Gasteiger partial charge is 0.494 e. The van der Waals surface area contributed by atoms with Gasteiger partial charge < -0.3 is 13.7 Å². The fourth-order valence-electron chi connectivity index (χ4n) is 9.22. The summed E-state index contributed by atoms with van der Waals surface area (Å²) in [4.78, 5) is 28.7. The molecule has 0 atom stereocenters. The fraction of sp³-hybridized carbons (Fsp3) is 0.103. The summed E-state index contributed by atoms with van der Waals surface area (Å²) in [5.41, 5.74) is 10.9. The molecule has 12 rings (SSSR count). The minimum Gasteiger partial charge on any atom is -0.494 e. The molecule has 70 heavy (non-hydrogen) atoms. The van der Waals surface area contributed by atoms with Crippen molar-refractivity contribution in [1.82, 2.24) is 34.7 Å². The number of pyridine rings is 4. The van der Waals surface area contributed by atoms with Gasteiger partial charge in [0.25, 0.3) is 0 Å². The lowest BCUT2D eigenvalue weighted by molar-refractivity contribution is 0.304. The first kappa shape index (κ1) is 42.3. The fourth-order valence-corrected chi connectivity index (χ4v) is 9.22. The first-order chi connectivity index (χ1) is 34.6. The van der Waals surface area contributed by atoms with E-state index in [-0.39, 0.29) is 5.82 Å². The molecule has 0 unspecified atom stereocenters. The summed E-state index contributed by atoms with van der Waals surface area (Å²) in [6.07, 6.45) is 15.1. The topological polar surface area (TPSA) is 129 Å². The summed E-state index contributed by atoms with van der Waals surface area (Å²) in [6.45, 7) is 1.49. The van der Waals surface area contributed by atoms with Crippen molar-refractivity contribution in [1.29, 1.82) is 0 Å². The van der Waals surface area contributed by atoms with Crippen molar-refractivity contribution in [3.05, 3.63) is 187 Å². The van der Waals surface area contributed by atoms with Crippen LogP contribution in [0.2, 0.25) is 0 Å². The lowest BCUT2D eigenvalue weighted by Crippen LogP contribution is -2.00. The number of unbranched alkanes of at least 4 members (excludes halogenated alkanes) is 3. The van der Waals surface area contributed by atoms with E-state index in [1.807, 2.05) is 61.0 Å². The number of aromatic nitrogens is 7. The highest BCUT2D eigenvalue weighted by molar-refractivity contribution is 6.13. The standard InChI is InChI=1S/C58H42FN9O2/c59-43-19-15-39(16-20-43)57-66-67-58(70-57)40-17-21-44(22-18-40)69-30-4-2-1-3-29-68-51-23-13-37(35-64-49-33-41-9-5-25-60-53(41)55-45(49)11-7-27-62-55)31-47(51)48-32-38(14-24-52(48)68)36-65-50-34-42-10-6-26-61-54(42)56-46(50)12-8-28-63-56/h5-28,31-36H,1-4,29-30H2. The molecule has 12 aromatic rings. The minimum absolute atomic E-state index is 0.318. The van der Waals surface area contributed by atoms with Crippen molar-refractivity contribution in [2.24, 2.45) is 9.98 Å². The summed E-state index contributed by atoms with van der Waals surface area (Å²) >= 11 is 0. The second-order valence-electron chi connectivity index (χ2n) is 17.2. The predicted molar refractivity (Wildman–Crippen MR) is 277 cm³/mol. The normalized spacial score (nSPS) is 12.0. The maximum Gasteiger partial charge on any atom is 0.248 e. The van der Waals surface area contributed by atoms with Crippen LogP contribution in [0.4, 0.5) is 15.8 Å². The average Bonchev–Trinajstić information content (AvgIpc) is 4.03. The van der Waals surface area contributed by atoms with Gasteiger partial charge in [-0.25, -0.2) is 4.39 Å². The van der Waals surface area contributed by atoms with Crippen molar-refractivity contribution < 1.29 is 13.5 Å². The molecule has 0 fully saturated rings. The zero-order valence-corrected chi connectivity index (χ0v) is 37.8. The number of hydrogen-bond donors (Lipinski definition) is 0. The van der Waals surface area contributed by atoms with Crippen molar-refractivity contribution in [3.8, 4) is 28.7 Å². The van der Waals surface area contributed by atoms with E-state index in [9.17, 15) is 4.39 Å². The third-order valence-electron chi connectivity index (χ3n) is 12.7. The Morgan fingerprint density at radius 2 is 1.00 bits per heavy atom. The van der Waals surface area contributed by atoms with Gasteiger partial charge >= 0.3 is 0 Å². The maximum atomic E-state index is 13.4. The molecule has 6 aromatic carbocycles. The Labute approximate surface area is 400 Å². The first-order valence-corrected chi connectivity index (χ1v) is 23.3. The van der Waals surface area contributed by atoms with E-state index in [0.29, 0.717) is 24.0 Å². The van der Waals surface area contributed by atoms with Crippen LogP contribution >= 0.6 is 0 Å². The van der Waals surface area contributed by atoms with Crippen LogP contribution in [0.1, 0.15) is 36.8 Å². The Morgan fingerprint density at radius 1 is 0.500 bits per heavy atom. The average molecular weight is 916 g/mol. The van der Waals surface area contributed by atoms with Gasteiger partial charge in [-0.15, -0.1) is 10.2 Å². The van der Waals surface area contributed by atoms with E-state index in [1.54, 1.807) is 36.9 Å².